The van der Waals surface area contributed by atoms with Crippen LogP contribution in [0.1, 0.15) is 36.0 Å². The highest BCUT2D eigenvalue weighted by Crippen LogP contribution is 2.37. The van der Waals surface area contributed by atoms with Crippen molar-refractivity contribution in [1.29, 1.82) is 0 Å². The third kappa shape index (κ3) is 1.62. The van der Waals surface area contributed by atoms with Gasteiger partial charge in [0.25, 0.3) is 0 Å². The largest absolute Gasteiger partial charge is 0.122 e. The van der Waals surface area contributed by atoms with Crippen LogP contribution in [0.3, 0.4) is 0 Å². The molecule has 16 heavy (non-hydrogen) atoms. The van der Waals surface area contributed by atoms with E-state index in [1.807, 2.05) is 0 Å². The van der Waals surface area contributed by atoms with Crippen molar-refractivity contribution < 1.29 is 0 Å². The lowest BCUT2D eigenvalue weighted by Gasteiger charge is -2.24. The number of halogens is 1. The van der Waals surface area contributed by atoms with Gasteiger partial charge in [-0.2, -0.15) is 0 Å². The molecule has 0 fully saturated rings. The second-order valence-corrected chi connectivity index (χ2v) is 4.85. The van der Waals surface area contributed by atoms with Gasteiger partial charge in [0.15, 0.2) is 0 Å². The molecule has 0 saturated heterocycles. The van der Waals surface area contributed by atoms with Gasteiger partial charge in [0.1, 0.15) is 0 Å². The zero-order valence-electron chi connectivity index (χ0n) is 9.30. The van der Waals surface area contributed by atoms with Crippen molar-refractivity contribution in [3.05, 3.63) is 52.6 Å². The maximum atomic E-state index is 5.88. The minimum Gasteiger partial charge on any atom is -0.122 e. The number of rotatable bonds is 1. The molecule has 0 bridgehead atoms. The first-order chi connectivity index (χ1) is 7.88. The van der Waals surface area contributed by atoms with Gasteiger partial charge in [0.2, 0.25) is 0 Å². The molecule has 2 aliphatic carbocycles. The smallest absolute Gasteiger partial charge is 0.0474 e. The maximum absolute atomic E-state index is 5.88. The monoisotopic (exact) mass is 230 g/mol. The molecular weight excluding hydrogens is 216 g/mol. The first-order valence-electron chi connectivity index (χ1n) is 5.95. The Bertz CT molecular complexity index is 480. The molecule has 0 aliphatic heterocycles. The van der Waals surface area contributed by atoms with Gasteiger partial charge in [-0.05, 0) is 47.9 Å². The predicted octanol–water partition coefficient (Wildman–Crippen LogP) is 4.48. The molecule has 0 aromatic heterocycles. The Morgan fingerprint density at radius 2 is 2.06 bits per heavy atom. The average Bonchev–Trinajstić information content (AvgIpc) is 2.38. The molecule has 1 aromatic carbocycles. The van der Waals surface area contributed by atoms with Crippen LogP contribution < -0.4 is 0 Å². The van der Waals surface area contributed by atoms with Gasteiger partial charge >= 0.3 is 0 Å². The molecule has 0 saturated carbocycles. The van der Waals surface area contributed by atoms with Crippen molar-refractivity contribution in [2.75, 3.05) is 0 Å². The molecule has 0 radical (unpaired) electrons. The van der Waals surface area contributed by atoms with Crippen molar-refractivity contribution in [2.24, 2.45) is 0 Å². The molecule has 1 aromatic rings. The second kappa shape index (κ2) is 4.10. The van der Waals surface area contributed by atoms with Crippen LogP contribution in [0.2, 0.25) is 0 Å². The van der Waals surface area contributed by atoms with Gasteiger partial charge in [-0.3, -0.25) is 0 Å². The summed E-state index contributed by atoms with van der Waals surface area (Å²) in [5, 5.41) is 0. The van der Waals surface area contributed by atoms with Crippen LogP contribution in [-0.4, -0.2) is 0 Å². The summed E-state index contributed by atoms with van der Waals surface area (Å²) >= 11 is 5.88. The topological polar surface area (TPSA) is 0 Å². The first-order valence-corrected chi connectivity index (χ1v) is 6.48. The summed E-state index contributed by atoms with van der Waals surface area (Å²) in [7, 11) is 0. The van der Waals surface area contributed by atoms with E-state index in [1.54, 1.807) is 5.57 Å². The third-order valence-electron chi connectivity index (χ3n) is 3.59. The summed E-state index contributed by atoms with van der Waals surface area (Å²) < 4.78 is 0. The molecule has 0 heterocycles. The lowest BCUT2D eigenvalue weighted by molar-refractivity contribution is 0.826. The highest BCUT2D eigenvalue weighted by atomic mass is 35.5. The molecule has 3 rings (SSSR count). The van der Waals surface area contributed by atoms with Gasteiger partial charge < -0.3 is 0 Å². The van der Waals surface area contributed by atoms with Crippen molar-refractivity contribution in [2.45, 2.75) is 31.6 Å². The van der Waals surface area contributed by atoms with Crippen LogP contribution in [0.25, 0.3) is 5.57 Å². The van der Waals surface area contributed by atoms with Crippen LogP contribution in [0.5, 0.6) is 0 Å². The normalized spacial score (nSPS) is 18.3. The van der Waals surface area contributed by atoms with Crippen LogP contribution in [0.4, 0.5) is 0 Å². The fourth-order valence-electron chi connectivity index (χ4n) is 2.74. The number of hydrogen-bond donors (Lipinski definition) is 0. The van der Waals surface area contributed by atoms with Crippen molar-refractivity contribution >= 4 is 17.2 Å². The average molecular weight is 231 g/mol. The van der Waals surface area contributed by atoms with Crippen molar-refractivity contribution in [3.8, 4) is 0 Å². The molecule has 0 N–H and O–H groups in total. The van der Waals surface area contributed by atoms with Gasteiger partial charge in [-0.25, -0.2) is 0 Å². The van der Waals surface area contributed by atoms with E-state index in [9.17, 15) is 0 Å². The molecule has 0 nitrogen and oxygen atoms in total. The van der Waals surface area contributed by atoms with E-state index in [4.69, 9.17) is 11.6 Å². The molecule has 0 amide bonds. The molecule has 1 heteroatoms. The number of fused-ring (bicyclic) bond motifs is 2. The van der Waals surface area contributed by atoms with E-state index in [0.717, 1.165) is 0 Å². The number of allylic oxidation sites excluding steroid dienone is 4. The number of alkyl halides is 1. The van der Waals surface area contributed by atoms with E-state index in [-0.39, 0.29) is 0 Å². The van der Waals surface area contributed by atoms with E-state index in [1.165, 1.54) is 47.9 Å². The molecule has 82 valence electrons. The third-order valence-corrected chi connectivity index (χ3v) is 3.90. The number of hydrogen-bond acceptors (Lipinski definition) is 0. The first kappa shape index (κ1) is 10.2. The van der Waals surface area contributed by atoms with E-state index in [0.29, 0.717) is 5.88 Å². The number of aryl methyl sites for hydroxylation is 1. The Hall–Kier alpha value is -1.01. The van der Waals surface area contributed by atoms with Gasteiger partial charge in [0, 0.05) is 5.88 Å². The summed E-state index contributed by atoms with van der Waals surface area (Å²) in [6.45, 7) is 0. The standard InChI is InChI=1S/C15H15Cl/c16-10-11-5-8-15-13(9-11)7-6-12-3-1-2-4-14(12)15/h2,4-5,8-9H,1,3,6-7,10H2. The predicted molar refractivity (Wildman–Crippen MR) is 69.6 cm³/mol. The van der Waals surface area contributed by atoms with Gasteiger partial charge in [-0.1, -0.05) is 35.9 Å². The number of benzene rings is 1. The Morgan fingerprint density at radius 1 is 1.12 bits per heavy atom. The van der Waals surface area contributed by atoms with E-state index < -0.39 is 0 Å². The van der Waals surface area contributed by atoms with Gasteiger partial charge in [-0.15, -0.1) is 11.6 Å². The summed E-state index contributed by atoms with van der Waals surface area (Å²) in [5.74, 6) is 0.620. The highest BCUT2D eigenvalue weighted by Gasteiger charge is 2.18. The minimum atomic E-state index is 0.620. The Morgan fingerprint density at radius 3 is 2.94 bits per heavy atom. The zero-order valence-corrected chi connectivity index (χ0v) is 10.1. The van der Waals surface area contributed by atoms with Gasteiger partial charge in [0.05, 0.1) is 0 Å². The summed E-state index contributed by atoms with van der Waals surface area (Å²) in [5.41, 5.74) is 7.28. The Balaban J connectivity index is 2.10. The van der Waals surface area contributed by atoms with Crippen LogP contribution >= 0.6 is 11.6 Å². The fourth-order valence-corrected chi connectivity index (χ4v) is 2.90. The SMILES string of the molecule is ClCc1ccc2c(c1)CCC1=C2C=CCC1. The van der Waals surface area contributed by atoms with Crippen molar-refractivity contribution in [3.63, 3.8) is 0 Å². The van der Waals surface area contributed by atoms with Crippen LogP contribution in [0, 0.1) is 0 Å². The second-order valence-electron chi connectivity index (χ2n) is 4.58. The molecular formula is C15H15Cl. The van der Waals surface area contributed by atoms with E-state index in [2.05, 4.69) is 30.4 Å². The van der Waals surface area contributed by atoms with Crippen LogP contribution in [0.15, 0.2) is 35.9 Å². The molecule has 0 atom stereocenters. The van der Waals surface area contributed by atoms with E-state index >= 15 is 0 Å². The maximum Gasteiger partial charge on any atom is 0.0474 e. The lowest BCUT2D eigenvalue weighted by atomic mass is 9.81. The quantitative estimate of drug-likeness (QED) is 0.625. The fraction of sp³-hybridized carbons (Fsp3) is 0.333. The Labute approximate surface area is 102 Å². The summed E-state index contributed by atoms with van der Waals surface area (Å²) in [6.07, 6.45) is 9.49. The zero-order chi connectivity index (χ0) is 11.0. The summed E-state index contributed by atoms with van der Waals surface area (Å²) in [6, 6.07) is 6.68. The molecule has 0 spiro atoms. The summed E-state index contributed by atoms with van der Waals surface area (Å²) in [4.78, 5) is 0. The minimum absolute atomic E-state index is 0.620. The lowest BCUT2D eigenvalue weighted by Crippen LogP contribution is -2.06. The molecule has 0 unspecified atom stereocenters. The highest BCUT2D eigenvalue weighted by molar-refractivity contribution is 6.17. The Kier molecular flexibility index (Phi) is 2.61. The molecule has 2 aliphatic rings. The van der Waals surface area contributed by atoms with Crippen LogP contribution in [-0.2, 0) is 12.3 Å². The van der Waals surface area contributed by atoms with Crippen molar-refractivity contribution in [1.82, 2.24) is 0 Å².